The van der Waals surface area contributed by atoms with Gasteiger partial charge in [-0.25, -0.2) is 14.6 Å². The van der Waals surface area contributed by atoms with Gasteiger partial charge in [-0.3, -0.25) is 4.79 Å². The molecule has 0 bridgehead atoms. The summed E-state index contributed by atoms with van der Waals surface area (Å²) in [6.45, 7) is 1.51. The number of pyridine rings is 1. The highest BCUT2D eigenvalue weighted by molar-refractivity contribution is 6.10. The minimum Gasteiger partial charge on any atom is -0.478 e. The number of aromatic carboxylic acids is 2. The van der Waals surface area contributed by atoms with E-state index in [0.29, 0.717) is 5.56 Å². The molecule has 1 aromatic heterocycles. The minimum absolute atomic E-state index is 0.283. The maximum atomic E-state index is 12.1. The quantitative estimate of drug-likeness (QED) is 0.795. The Morgan fingerprint density at radius 3 is 2.23 bits per heavy atom. The number of carboxylic acids is 2. The number of nitrogens with one attached hydrogen (secondary N) is 1. The lowest BCUT2D eigenvalue weighted by Gasteiger charge is -2.11. The van der Waals surface area contributed by atoms with E-state index in [1.807, 2.05) is 0 Å². The second kappa shape index (κ2) is 6.04. The van der Waals surface area contributed by atoms with Gasteiger partial charge >= 0.3 is 11.9 Å². The largest absolute Gasteiger partial charge is 0.478 e. The van der Waals surface area contributed by atoms with E-state index in [9.17, 15) is 19.5 Å². The van der Waals surface area contributed by atoms with Crippen molar-refractivity contribution in [3.8, 4) is 0 Å². The van der Waals surface area contributed by atoms with Crippen LogP contribution in [0.5, 0.6) is 0 Å². The van der Waals surface area contributed by atoms with Crippen molar-refractivity contribution in [2.45, 2.75) is 6.92 Å². The molecule has 112 valence electrons. The van der Waals surface area contributed by atoms with Crippen molar-refractivity contribution < 1.29 is 24.6 Å². The number of aromatic nitrogens is 1. The lowest BCUT2D eigenvalue weighted by molar-refractivity contribution is 0.0651. The SMILES string of the molecule is Cc1cc(C(=O)O)c(C(=O)O)c(NC(=O)c2ccccc2)n1. The maximum Gasteiger partial charge on any atom is 0.340 e. The normalized spacial score (nSPS) is 10.0. The predicted octanol–water partition coefficient (Wildman–Crippen LogP) is 2.04. The van der Waals surface area contributed by atoms with Crippen molar-refractivity contribution in [2.75, 3.05) is 5.32 Å². The lowest BCUT2D eigenvalue weighted by Crippen LogP contribution is -2.19. The Balaban J connectivity index is 2.48. The van der Waals surface area contributed by atoms with Crippen molar-refractivity contribution in [2.24, 2.45) is 0 Å². The molecule has 2 aromatic rings. The molecule has 22 heavy (non-hydrogen) atoms. The van der Waals surface area contributed by atoms with Gasteiger partial charge in [0.1, 0.15) is 11.4 Å². The first kappa shape index (κ1) is 15.2. The summed E-state index contributed by atoms with van der Waals surface area (Å²) in [5, 5.41) is 20.7. The fraction of sp³-hybridized carbons (Fsp3) is 0.0667. The van der Waals surface area contributed by atoms with Gasteiger partial charge in [0.15, 0.2) is 0 Å². The monoisotopic (exact) mass is 300 g/mol. The number of carbonyl (C=O) groups is 3. The second-order valence-corrected chi connectivity index (χ2v) is 4.47. The Morgan fingerprint density at radius 1 is 1.05 bits per heavy atom. The van der Waals surface area contributed by atoms with Crippen LogP contribution in [0.1, 0.15) is 36.8 Å². The van der Waals surface area contributed by atoms with E-state index < -0.39 is 29.0 Å². The van der Waals surface area contributed by atoms with Gasteiger partial charge in [0.25, 0.3) is 5.91 Å². The third-order valence-electron chi connectivity index (χ3n) is 2.86. The number of nitrogens with zero attached hydrogens (tertiary/aromatic N) is 1. The number of amides is 1. The zero-order valence-corrected chi connectivity index (χ0v) is 11.5. The molecule has 3 N–H and O–H groups in total. The smallest absolute Gasteiger partial charge is 0.340 e. The van der Waals surface area contributed by atoms with Crippen LogP contribution in [0, 0.1) is 6.92 Å². The van der Waals surface area contributed by atoms with E-state index in [0.717, 1.165) is 6.07 Å². The van der Waals surface area contributed by atoms with Crippen LogP contribution >= 0.6 is 0 Å². The standard InChI is InChI=1S/C15H12N2O5/c1-8-7-10(14(19)20)11(15(21)22)12(16-8)17-13(18)9-5-3-2-4-6-9/h2-7H,1H3,(H,19,20)(H,21,22)(H,16,17,18). The summed E-state index contributed by atoms with van der Waals surface area (Å²) in [5.74, 6) is -3.75. The molecule has 7 heteroatoms. The molecule has 0 spiro atoms. The summed E-state index contributed by atoms with van der Waals surface area (Å²) in [5.41, 5.74) is -0.393. The van der Waals surface area contributed by atoms with Gasteiger partial charge < -0.3 is 15.5 Å². The van der Waals surface area contributed by atoms with Crippen LogP contribution in [-0.4, -0.2) is 33.0 Å². The van der Waals surface area contributed by atoms with Gasteiger partial charge in [0.2, 0.25) is 0 Å². The summed E-state index contributed by atoms with van der Waals surface area (Å²) < 4.78 is 0. The molecule has 0 radical (unpaired) electrons. The molecule has 1 aromatic carbocycles. The molecular weight excluding hydrogens is 288 g/mol. The molecule has 7 nitrogen and oxygen atoms in total. The number of benzene rings is 1. The summed E-state index contributed by atoms with van der Waals surface area (Å²) in [4.78, 5) is 38.5. The van der Waals surface area contributed by atoms with Crippen LogP contribution in [0.3, 0.4) is 0 Å². The van der Waals surface area contributed by atoms with Crippen molar-refractivity contribution in [3.63, 3.8) is 0 Å². The molecule has 0 aliphatic rings. The molecule has 1 amide bonds. The molecule has 0 unspecified atom stereocenters. The van der Waals surface area contributed by atoms with Crippen LogP contribution in [-0.2, 0) is 0 Å². The molecule has 1 heterocycles. The zero-order valence-electron chi connectivity index (χ0n) is 11.5. The van der Waals surface area contributed by atoms with Gasteiger partial charge in [-0.1, -0.05) is 18.2 Å². The van der Waals surface area contributed by atoms with Crippen LogP contribution < -0.4 is 5.32 Å². The number of rotatable bonds is 4. The predicted molar refractivity (Wildman–Crippen MR) is 77.3 cm³/mol. The van der Waals surface area contributed by atoms with E-state index in [4.69, 9.17) is 5.11 Å². The molecule has 0 aliphatic heterocycles. The Hall–Kier alpha value is -3.22. The van der Waals surface area contributed by atoms with Crippen LogP contribution in [0.25, 0.3) is 0 Å². The fourth-order valence-corrected chi connectivity index (χ4v) is 1.92. The average molecular weight is 300 g/mol. The number of hydrogen-bond acceptors (Lipinski definition) is 4. The summed E-state index contributed by atoms with van der Waals surface area (Å²) in [6, 6.07) is 9.27. The Bertz CT molecular complexity index is 756. The van der Waals surface area contributed by atoms with Crippen LogP contribution in [0.15, 0.2) is 36.4 Å². The molecular formula is C15H12N2O5. The Labute approximate surface area is 125 Å². The second-order valence-electron chi connectivity index (χ2n) is 4.47. The fourth-order valence-electron chi connectivity index (χ4n) is 1.92. The molecule has 0 atom stereocenters. The third kappa shape index (κ3) is 3.09. The molecule has 0 fully saturated rings. The van der Waals surface area contributed by atoms with Gasteiger partial charge in [0.05, 0.1) is 5.56 Å². The number of anilines is 1. The average Bonchev–Trinajstić information content (AvgIpc) is 2.47. The minimum atomic E-state index is -1.48. The number of carbonyl (C=O) groups excluding carboxylic acids is 1. The number of aryl methyl sites for hydroxylation is 1. The maximum absolute atomic E-state index is 12.1. The lowest BCUT2D eigenvalue weighted by atomic mass is 10.1. The van der Waals surface area contributed by atoms with E-state index in [1.165, 1.54) is 6.92 Å². The van der Waals surface area contributed by atoms with Gasteiger partial charge in [-0.15, -0.1) is 0 Å². The topological polar surface area (TPSA) is 117 Å². The van der Waals surface area contributed by atoms with Crippen LogP contribution in [0.4, 0.5) is 5.82 Å². The number of hydrogen-bond donors (Lipinski definition) is 3. The van der Waals surface area contributed by atoms with Crippen molar-refractivity contribution in [1.82, 2.24) is 4.98 Å². The highest BCUT2D eigenvalue weighted by Gasteiger charge is 2.23. The van der Waals surface area contributed by atoms with Crippen molar-refractivity contribution in [3.05, 3.63) is 58.8 Å². The van der Waals surface area contributed by atoms with Gasteiger partial charge in [-0.2, -0.15) is 0 Å². The van der Waals surface area contributed by atoms with E-state index >= 15 is 0 Å². The van der Waals surface area contributed by atoms with E-state index in [1.54, 1.807) is 30.3 Å². The third-order valence-corrected chi connectivity index (χ3v) is 2.86. The summed E-state index contributed by atoms with van der Waals surface area (Å²) in [7, 11) is 0. The van der Waals surface area contributed by atoms with E-state index in [2.05, 4.69) is 10.3 Å². The van der Waals surface area contributed by atoms with Crippen LogP contribution in [0.2, 0.25) is 0 Å². The van der Waals surface area contributed by atoms with Gasteiger partial charge in [-0.05, 0) is 25.1 Å². The Kier molecular flexibility index (Phi) is 4.17. The molecule has 2 rings (SSSR count). The van der Waals surface area contributed by atoms with Crippen molar-refractivity contribution >= 4 is 23.7 Å². The molecule has 0 saturated heterocycles. The zero-order chi connectivity index (χ0) is 16.3. The highest BCUT2D eigenvalue weighted by Crippen LogP contribution is 2.20. The summed E-state index contributed by atoms with van der Waals surface area (Å²) >= 11 is 0. The Morgan fingerprint density at radius 2 is 1.68 bits per heavy atom. The molecule has 0 saturated carbocycles. The first-order valence-electron chi connectivity index (χ1n) is 6.24. The number of carboxylic acid groups (broad SMARTS) is 2. The first-order chi connectivity index (χ1) is 10.4. The summed E-state index contributed by atoms with van der Waals surface area (Å²) in [6.07, 6.45) is 0. The highest BCUT2D eigenvalue weighted by atomic mass is 16.4. The van der Waals surface area contributed by atoms with E-state index in [-0.39, 0.29) is 11.5 Å². The first-order valence-corrected chi connectivity index (χ1v) is 6.24. The van der Waals surface area contributed by atoms with Gasteiger partial charge in [0, 0.05) is 11.3 Å². The molecule has 0 aliphatic carbocycles. The van der Waals surface area contributed by atoms with Crippen molar-refractivity contribution in [1.29, 1.82) is 0 Å².